The minimum atomic E-state index is -1.59. The van der Waals surface area contributed by atoms with Crippen molar-refractivity contribution in [1.82, 2.24) is 0 Å². The van der Waals surface area contributed by atoms with Gasteiger partial charge in [-0.3, -0.25) is 4.79 Å². The average molecular weight is 533 g/mol. The molecule has 0 radical (unpaired) electrons. The molecule has 0 amide bonds. The summed E-state index contributed by atoms with van der Waals surface area (Å²) in [6, 6.07) is 9.82. The first kappa shape index (κ1) is 32.8. The molecule has 2 N–H and O–H groups in total. The van der Waals surface area contributed by atoms with Crippen LogP contribution >= 0.6 is 0 Å². The Kier molecular flexibility index (Phi) is 17.6. The van der Waals surface area contributed by atoms with Gasteiger partial charge in [-0.2, -0.15) is 0 Å². The molecule has 0 spiro atoms. The molecule has 2 aromatic rings. The lowest BCUT2D eigenvalue weighted by atomic mass is 10.0. The summed E-state index contributed by atoms with van der Waals surface area (Å²) in [5.74, 6) is -0.122. The molecule has 0 aliphatic carbocycles. The molecule has 208 valence electrons. The van der Waals surface area contributed by atoms with Crippen molar-refractivity contribution in [2.45, 2.75) is 120 Å². The number of hydrogen-bond donors (Lipinski definition) is 2. The zero-order chi connectivity index (χ0) is 27.5. The van der Waals surface area contributed by atoms with Gasteiger partial charge in [-0.05, 0) is 43.5 Å². The van der Waals surface area contributed by atoms with Crippen molar-refractivity contribution in [1.29, 1.82) is 0 Å². The van der Waals surface area contributed by atoms with Crippen LogP contribution in [0.2, 0.25) is 0 Å². The molecule has 0 heterocycles. The summed E-state index contributed by atoms with van der Waals surface area (Å²) < 4.78 is 17.0. The predicted octanol–water partition coefficient (Wildman–Crippen LogP) is 8.52. The second kappa shape index (κ2) is 19.9. The number of phenolic OH excluding ortho intramolecular Hbond substituents is 2. The highest BCUT2D eigenvalue weighted by Gasteiger charge is 2.23. The van der Waals surface area contributed by atoms with E-state index in [1.54, 1.807) is 24.3 Å². The van der Waals surface area contributed by atoms with Crippen molar-refractivity contribution >= 4 is 17.1 Å². The Balaban J connectivity index is 0.000000370. The molecule has 2 aromatic carbocycles. The summed E-state index contributed by atoms with van der Waals surface area (Å²) in [5.41, 5.74) is 1.81. The molecule has 0 aliphatic heterocycles. The zero-order valence-corrected chi connectivity index (χ0v) is 24.2. The number of aromatic hydroxyl groups is 2. The van der Waals surface area contributed by atoms with Crippen LogP contribution in [0.25, 0.3) is 0 Å². The predicted molar refractivity (Wildman–Crippen MR) is 153 cm³/mol. The second-order valence-electron chi connectivity index (χ2n) is 9.78. The van der Waals surface area contributed by atoms with Crippen LogP contribution in [0.3, 0.4) is 0 Å². The number of rotatable bonds is 16. The fraction of sp³-hybridized carbons (Fsp3) is 0.581. The fourth-order valence-electron chi connectivity index (χ4n) is 4.05. The summed E-state index contributed by atoms with van der Waals surface area (Å²) in [4.78, 5) is 11.5. The van der Waals surface area contributed by atoms with Crippen LogP contribution in [0.5, 0.6) is 11.5 Å². The summed E-state index contributed by atoms with van der Waals surface area (Å²) in [7, 11) is 1.46. The molecule has 5 nitrogen and oxygen atoms in total. The Bertz CT molecular complexity index is 848. The van der Waals surface area contributed by atoms with E-state index in [1.165, 1.54) is 96.3 Å². The number of esters is 1. The van der Waals surface area contributed by atoms with Gasteiger partial charge in [-0.1, -0.05) is 96.1 Å². The van der Waals surface area contributed by atoms with Gasteiger partial charge in [0.1, 0.15) is 0 Å². The molecule has 0 unspecified atom stereocenters. The lowest BCUT2D eigenvalue weighted by Gasteiger charge is -2.13. The van der Waals surface area contributed by atoms with Crippen LogP contribution in [-0.4, -0.2) is 27.8 Å². The van der Waals surface area contributed by atoms with Gasteiger partial charge in [0.05, 0.1) is 7.11 Å². The molecule has 37 heavy (non-hydrogen) atoms. The summed E-state index contributed by atoms with van der Waals surface area (Å²) in [5, 5.41) is 19.5. The minimum absolute atomic E-state index is 0.0279. The topological polar surface area (TPSA) is 89.8 Å². The monoisotopic (exact) mass is 532 g/mol. The maximum Gasteiger partial charge on any atom is 0.305 e. The highest BCUT2D eigenvalue weighted by atomic mass is 32.2. The van der Waals surface area contributed by atoms with E-state index >= 15 is 0 Å². The molecule has 0 atom stereocenters. The van der Waals surface area contributed by atoms with E-state index in [0.717, 1.165) is 17.5 Å². The Hall–Kier alpha value is -2.18. The van der Waals surface area contributed by atoms with E-state index in [-0.39, 0.29) is 17.5 Å². The lowest BCUT2D eigenvalue weighted by Crippen LogP contribution is -2.03. The first-order chi connectivity index (χ1) is 17.8. The van der Waals surface area contributed by atoms with Crippen molar-refractivity contribution in [2.75, 3.05) is 7.11 Å². The molecule has 0 saturated carbocycles. The highest BCUT2D eigenvalue weighted by Crippen LogP contribution is 2.34. The van der Waals surface area contributed by atoms with E-state index < -0.39 is 11.2 Å². The van der Waals surface area contributed by atoms with E-state index in [1.807, 2.05) is 13.8 Å². The average Bonchev–Trinajstić information content (AvgIpc) is 2.89. The van der Waals surface area contributed by atoms with Crippen molar-refractivity contribution in [3.63, 3.8) is 0 Å². The number of hydrogen-bond acceptors (Lipinski definition) is 5. The van der Waals surface area contributed by atoms with Crippen LogP contribution in [0.15, 0.2) is 46.2 Å². The van der Waals surface area contributed by atoms with Crippen molar-refractivity contribution in [3.8, 4) is 11.5 Å². The second-order valence-corrected chi connectivity index (χ2v) is 11.2. The maximum atomic E-state index is 12.4. The molecule has 6 heteroatoms. The summed E-state index contributed by atoms with van der Waals surface area (Å²) in [6.45, 7) is 5.98. The first-order valence-corrected chi connectivity index (χ1v) is 15.0. The Morgan fingerprint density at radius 1 is 0.730 bits per heavy atom. The van der Waals surface area contributed by atoms with Gasteiger partial charge in [0, 0.05) is 29.7 Å². The van der Waals surface area contributed by atoms with Gasteiger partial charge in [-0.25, -0.2) is 0 Å². The number of ether oxygens (including phenoxy) is 1. The van der Waals surface area contributed by atoms with Gasteiger partial charge in [0.2, 0.25) is 0 Å². The Labute approximate surface area is 227 Å². The fourth-order valence-corrected chi connectivity index (χ4v) is 5.39. The van der Waals surface area contributed by atoms with Gasteiger partial charge in [0.25, 0.3) is 0 Å². The van der Waals surface area contributed by atoms with Crippen molar-refractivity contribution in [2.24, 2.45) is 0 Å². The minimum Gasteiger partial charge on any atom is -0.606 e. The van der Waals surface area contributed by atoms with Gasteiger partial charge in [-0.15, -0.1) is 0 Å². The van der Waals surface area contributed by atoms with Crippen LogP contribution in [0.1, 0.15) is 108 Å². The smallest absolute Gasteiger partial charge is 0.305 e. The van der Waals surface area contributed by atoms with Crippen LogP contribution in [0.4, 0.5) is 0 Å². The number of unbranched alkanes of at least 4 members (excludes halogenated alkanes) is 12. The Morgan fingerprint density at radius 2 is 1.11 bits per heavy atom. The first-order valence-electron chi connectivity index (χ1n) is 13.9. The number of methoxy groups -OCH3 is 1. The van der Waals surface area contributed by atoms with E-state index in [2.05, 4.69) is 11.7 Å². The van der Waals surface area contributed by atoms with Gasteiger partial charge >= 0.3 is 5.97 Å². The number of carbonyl (C=O) groups excluding carboxylic acids is 1. The number of carbonyl (C=O) groups is 1. The highest BCUT2D eigenvalue weighted by molar-refractivity contribution is 7.91. The molecule has 0 aliphatic rings. The van der Waals surface area contributed by atoms with Crippen LogP contribution in [0, 0.1) is 13.8 Å². The van der Waals surface area contributed by atoms with Crippen molar-refractivity contribution in [3.05, 3.63) is 47.5 Å². The largest absolute Gasteiger partial charge is 0.606 e. The van der Waals surface area contributed by atoms with Crippen LogP contribution in [-0.2, 0) is 20.7 Å². The molecular weight excluding hydrogens is 484 g/mol. The molecular formula is C31H48O5S. The Morgan fingerprint density at radius 3 is 1.49 bits per heavy atom. The summed E-state index contributed by atoms with van der Waals surface area (Å²) in [6.07, 6.45) is 18.0. The quantitative estimate of drug-likeness (QED) is 0.128. The molecule has 0 aromatic heterocycles. The van der Waals surface area contributed by atoms with E-state index in [4.69, 9.17) is 0 Å². The van der Waals surface area contributed by atoms with E-state index in [0.29, 0.717) is 16.2 Å². The third-order valence-electron chi connectivity index (χ3n) is 6.34. The zero-order valence-electron chi connectivity index (χ0n) is 23.4. The SMILES string of the molecule is CCCCCCCCCCCCCCCC(=O)OC.Cc1ccc(O)c([S+]([O-])c2cc(C)ccc2O)c1. The number of phenols is 2. The van der Waals surface area contributed by atoms with E-state index in [9.17, 15) is 19.6 Å². The third kappa shape index (κ3) is 14.4. The molecule has 0 saturated heterocycles. The lowest BCUT2D eigenvalue weighted by molar-refractivity contribution is -0.140. The normalized spacial score (nSPS) is 10.8. The van der Waals surface area contributed by atoms with Gasteiger partial charge in [0.15, 0.2) is 21.3 Å². The molecule has 2 rings (SSSR count). The molecule has 0 fully saturated rings. The third-order valence-corrected chi connectivity index (χ3v) is 7.80. The molecule has 0 bridgehead atoms. The van der Waals surface area contributed by atoms with Crippen LogP contribution < -0.4 is 0 Å². The van der Waals surface area contributed by atoms with Crippen molar-refractivity contribution < 1.29 is 24.3 Å². The number of aryl methyl sites for hydroxylation is 2. The number of benzene rings is 2. The maximum absolute atomic E-state index is 12.4. The van der Waals surface area contributed by atoms with Gasteiger partial charge < -0.3 is 19.5 Å². The standard InChI is InChI=1S/C17H34O2.C14H14O3S/c1-3-4-5-6-7-8-9-10-11-12-13-14-15-16-17(18)19-2;1-9-3-5-11(15)13(7-9)18(17)14-8-10(2)4-6-12(14)16/h3-16H2,1-2H3;3-8,15-16H,1-2H3. The summed E-state index contributed by atoms with van der Waals surface area (Å²) >= 11 is -1.59.